The number of rotatable bonds is 18. The van der Waals surface area contributed by atoms with Gasteiger partial charge < -0.3 is 18.9 Å². The van der Waals surface area contributed by atoms with Gasteiger partial charge in [0, 0.05) is 19.1 Å². The molecule has 7 nitrogen and oxygen atoms in total. The lowest BCUT2D eigenvalue weighted by atomic mass is 9.83. The van der Waals surface area contributed by atoms with E-state index in [-0.39, 0.29) is 11.9 Å². The molecule has 0 aromatic heterocycles. The van der Waals surface area contributed by atoms with E-state index in [1.54, 1.807) is 12.1 Å². The third kappa shape index (κ3) is 12.6. The van der Waals surface area contributed by atoms with Crippen molar-refractivity contribution < 1.29 is 33.3 Å². The van der Waals surface area contributed by atoms with E-state index in [0.717, 1.165) is 88.9 Å². The van der Waals surface area contributed by atoms with Crippen molar-refractivity contribution in [1.82, 2.24) is 0 Å². The van der Waals surface area contributed by atoms with Gasteiger partial charge in [0.2, 0.25) is 0 Å². The number of esters is 3. The second-order valence-electron chi connectivity index (χ2n) is 11.0. The Balaban J connectivity index is 1.17. The van der Waals surface area contributed by atoms with Crippen molar-refractivity contribution in [2.45, 2.75) is 96.0 Å². The summed E-state index contributed by atoms with van der Waals surface area (Å²) in [5.74, 6) is 0.168. The van der Waals surface area contributed by atoms with E-state index >= 15 is 0 Å². The first-order valence-electron chi connectivity index (χ1n) is 15.4. The minimum atomic E-state index is -0.413. The molecule has 0 heterocycles. The number of unbranched alkanes of at least 4 members (excludes halogenated alkanes) is 5. The van der Waals surface area contributed by atoms with Crippen molar-refractivity contribution in [1.29, 1.82) is 0 Å². The number of carbonyl (C=O) groups is 3. The van der Waals surface area contributed by atoms with Crippen molar-refractivity contribution in [2.75, 3.05) is 19.8 Å². The van der Waals surface area contributed by atoms with Gasteiger partial charge in [-0.05, 0) is 107 Å². The lowest BCUT2D eigenvalue weighted by molar-refractivity contribution is -0.144. The first-order chi connectivity index (χ1) is 20.4. The maximum absolute atomic E-state index is 12.4. The first-order valence-corrected chi connectivity index (χ1v) is 15.4. The van der Waals surface area contributed by atoms with Crippen LogP contribution < -0.4 is 4.74 Å². The average Bonchev–Trinajstić information content (AvgIpc) is 3.01. The molecule has 0 aliphatic heterocycles. The molecule has 0 atom stereocenters. The van der Waals surface area contributed by atoms with Gasteiger partial charge in [0.25, 0.3) is 0 Å². The lowest BCUT2D eigenvalue weighted by Crippen LogP contribution is -2.21. The number of aryl methyl sites for hydroxylation is 1. The van der Waals surface area contributed by atoms with Gasteiger partial charge in [-0.2, -0.15) is 0 Å². The summed E-state index contributed by atoms with van der Waals surface area (Å²) in [6.45, 7) is 6.94. The summed E-state index contributed by atoms with van der Waals surface area (Å²) in [5.41, 5.74) is 2.95. The van der Waals surface area contributed by atoms with Crippen LogP contribution in [0.1, 0.15) is 104 Å². The van der Waals surface area contributed by atoms with Gasteiger partial charge in [-0.15, -0.1) is 0 Å². The number of hydrogen-bond donors (Lipinski definition) is 0. The zero-order valence-corrected chi connectivity index (χ0v) is 25.0. The first kappa shape index (κ1) is 33.1. The molecule has 0 bridgehead atoms. The third-order valence-electron chi connectivity index (χ3n) is 7.62. The minimum Gasteiger partial charge on any atom is -0.466 e. The molecule has 42 heavy (non-hydrogen) atoms. The monoisotopic (exact) mass is 578 g/mol. The van der Waals surface area contributed by atoms with Gasteiger partial charge in [0.15, 0.2) is 0 Å². The molecule has 0 N–H and O–H groups in total. The van der Waals surface area contributed by atoms with Gasteiger partial charge >= 0.3 is 17.9 Å². The highest BCUT2D eigenvalue weighted by Crippen LogP contribution is 2.34. The molecule has 0 amide bonds. The summed E-state index contributed by atoms with van der Waals surface area (Å²) >= 11 is 0. The third-order valence-corrected chi connectivity index (χ3v) is 7.62. The summed E-state index contributed by atoms with van der Waals surface area (Å²) < 4.78 is 21.9. The summed E-state index contributed by atoms with van der Waals surface area (Å²) in [4.78, 5) is 35.1. The molecule has 3 rings (SSSR count). The highest BCUT2D eigenvalue weighted by molar-refractivity contribution is 5.91. The van der Waals surface area contributed by atoms with E-state index in [1.807, 2.05) is 31.2 Å². The van der Waals surface area contributed by atoms with Crippen LogP contribution in [0, 0.1) is 6.92 Å². The van der Waals surface area contributed by atoms with Gasteiger partial charge in [-0.3, -0.25) is 4.79 Å². The normalized spacial score (nSPS) is 16.4. The number of hydrogen-bond acceptors (Lipinski definition) is 7. The number of benzene rings is 2. The molecule has 1 aliphatic rings. The zero-order chi connectivity index (χ0) is 30.0. The van der Waals surface area contributed by atoms with Gasteiger partial charge in [-0.25, -0.2) is 9.59 Å². The lowest BCUT2D eigenvalue weighted by Gasteiger charge is -2.29. The van der Waals surface area contributed by atoms with Crippen LogP contribution >= 0.6 is 0 Å². The summed E-state index contributed by atoms with van der Waals surface area (Å²) in [7, 11) is 0. The van der Waals surface area contributed by atoms with Crippen LogP contribution in [0.2, 0.25) is 0 Å². The summed E-state index contributed by atoms with van der Waals surface area (Å²) in [5, 5.41) is 0. The molecule has 2 aromatic carbocycles. The molecule has 228 valence electrons. The molecule has 0 spiro atoms. The van der Waals surface area contributed by atoms with Crippen molar-refractivity contribution in [3.05, 3.63) is 77.9 Å². The van der Waals surface area contributed by atoms with Crippen molar-refractivity contribution in [3.63, 3.8) is 0 Å². The van der Waals surface area contributed by atoms with Gasteiger partial charge in [-0.1, -0.05) is 42.8 Å². The van der Waals surface area contributed by atoms with Crippen LogP contribution in [0.4, 0.5) is 0 Å². The van der Waals surface area contributed by atoms with Gasteiger partial charge in [0.05, 0.1) is 24.9 Å². The number of ether oxygens (including phenoxy) is 4. The van der Waals surface area contributed by atoms with Crippen LogP contribution in [-0.4, -0.2) is 43.8 Å². The fraction of sp³-hybridized carbons (Fsp3) is 0.514. The second-order valence-corrected chi connectivity index (χ2v) is 11.0. The molecule has 0 unspecified atom stereocenters. The highest BCUT2D eigenvalue weighted by atomic mass is 16.5. The van der Waals surface area contributed by atoms with Crippen LogP contribution in [0.15, 0.2) is 61.2 Å². The predicted octanol–water partition coefficient (Wildman–Crippen LogP) is 7.65. The zero-order valence-electron chi connectivity index (χ0n) is 25.0. The standard InChI is InChI=1S/C35H46O7/c1-3-33(36)40-25-10-6-7-11-34(37)41-26-9-5-4-8-24-39-31-20-16-28(17-21-31)29-18-22-32(23-19-29)42-35(38)30-14-12-27(2)13-15-30/h3,12-15,18-19,22-23,28,31H,1,4-11,16-17,20-21,24-26H2,2H3/t28-,31-. The van der Waals surface area contributed by atoms with E-state index < -0.39 is 5.97 Å². The Morgan fingerprint density at radius 2 is 1.38 bits per heavy atom. The molecular weight excluding hydrogens is 532 g/mol. The van der Waals surface area contributed by atoms with Crippen molar-refractivity contribution in [2.24, 2.45) is 0 Å². The Bertz CT molecular complexity index is 1100. The topological polar surface area (TPSA) is 88.1 Å². The van der Waals surface area contributed by atoms with E-state index in [0.29, 0.717) is 43.0 Å². The molecule has 2 aromatic rings. The summed E-state index contributed by atoms with van der Waals surface area (Å²) in [6.07, 6.45) is 12.5. The fourth-order valence-corrected chi connectivity index (χ4v) is 5.07. The van der Waals surface area contributed by atoms with Crippen LogP contribution in [0.3, 0.4) is 0 Å². The van der Waals surface area contributed by atoms with E-state index in [2.05, 4.69) is 18.7 Å². The fourth-order valence-electron chi connectivity index (χ4n) is 5.07. The Kier molecular flexibility index (Phi) is 14.9. The average molecular weight is 579 g/mol. The van der Waals surface area contributed by atoms with Crippen molar-refractivity contribution in [3.8, 4) is 5.75 Å². The second kappa shape index (κ2) is 18.9. The molecule has 0 saturated heterocycles. The molecular formula is C35H46O7. The minimum absolute atomic E-state index is 0.158. The number of carbonyl (C=O) groups excluding carboxylic acids is 3. The van der Waals surface area contributed by atoms with Crippen LogP contribution in [0.25, 0.3) is 0 Å². The molecule has 1 aliphatic carbocycles. The van der Waals surface area contributed by atoms with E-state index in [4.69, 9.17) is 18.9 Å². The highest BCUT2D eigenvalue weighted by Gasteiger charge is 2.23. The van der Waals surface area contributed by atoms with Gasteiger partial charge in [0.1, 0.15) is 5.75 Å². The Hall–Kier alpha value is -3.45. The molecule has 1 saturated carbocycles. The SMILES string of the molecule is C=CC(=O)OCCCCCC(=O)OCCCCCCO[C@H]1CC[C@H](c2ccc(OC(=O)c3ccc(C)cc3)cc2)CC1. The molecule has 1 fully saturated rings. The Morgan fingerprint density at radius 3 is 2.05 bits per heavy atom. The smallest absolute Gasteiger partial charge is 0.343 e. The maximum Gasteiger partial charge on any atom is 0.343 e. The Morgan fingerprint density at radius 1 is 0.762 bits per heavy atom. The Labute approximate surface area is 250 Å². The van der Waals surface area contributed by atoms with E-state index in [9.17, 15) is 14.4 Å². The molecule has 0 radical (unpaired) electrons. The summed E-state index contributed by atoms with van der Waals surface area (Å²) in [6, 6.07) is 15.3. The van der Waals surface area contributed by atoms with Crippen LogP contribution in [-0.2, 0) is 23.8 Å². The largest absolute Gasteiger partial charge is 0.466 e. The van der Waals surface area contributed by atoms with Crippen LogP contribution in [0.5, 0.6) is 5.75 Å². The maximum atomic E-state index is 12.4. The predicted molar refractivity (Wildman–Crippen MR) is 163 cm³/mol. The van der Waals surface area contributed by atoms with Crippen molar-refractivity contribution >= 4 is 17.9 Å². The molecule has 7 heteroatoms. The van der Waals surface area contributed by atoms with E-state index in [1.165, 1.54) is 5.56 Å². The quantitative estimate of drug-likeness (QED) is 0.0777.